The van der Waals surface area contributed by atoms with Gasteiger partial charge in [0.25, 0.3) is 0 Å². The topological polar surface area (TPSA) is 79.4 Å². The molecule has 0 spiro atoms. The molecule has 2 aromatic rings. The van der Waals surface area contributed by atoms with Crippen LogP contribution in [0.1, 0.15) is 31.7 Å². The summed E-state index contributed by atoms with van der Waals surface area (Å²) in [6, 6.07) is 10.9. The van der Waals surface area contributed by atoms with Gasteiger partial charge in [0.2, 0.25) is 15.9 Å². The molecule has 0 aliphatic carbocycles. The van der Waals surface area contributed by atoms with Gasteiger partial charge in [-0.15, -0.1) is 0 Å². The lowest BCUT2D eigenvalue weighted by atomic mass is 10.2. The second-order valence-corrected chi connectivity index (χ2v) is 10.2. The Morgan fingerprint density at radius 2 is 1.93 bits per heavy atom. The molecule has 1 atom stereocenters. The number of hydrogen-bond acceptors (Lipinski definition) is 5. The summed E-state index contributed by atoms with van der Waals surface area (Å²) in [6.07, 6.45) is 4.25. The number of carbonyl (C=O) groups is 1. The Bertz CT molecular complexity index is 924. The Morgan fingerprint density at radius 3 is 2.57 bits per heavy atom. The van der Waals surface area contributed by atoms with Crippen LogP contribution in [0.15, 0.2) is 52.5 Å². The number of nitrogens with zero attached hydrogens (tertiary/aromatic N) is 2. The van der Waals surface area contributed by atoms with Gasteiger partial charge in [-0.3, -0.25) is 4.79 Å². The summed E-state index contributed by atoms with van der Waals surface area (Å²) in [6.45, 7) is 4.90. The van der Waals surface area contributed by atoms with E-state index >= 15 is 0 Å². The van der Waals surface area contributed by atoms with E-state index in [0.29, 0.717) is 18.1 Å². The van der Waals surface area contributed by atoms with Crippen molar-refractivity contribution in [3.63, 3.8) is 0 Å². The lowest BCUT2D eigenvalue weighted by molar-refractivity contribution is -0.115. The Morgan fingerprint density at radius 1 is 1.18 bits per heavy atom. The van der Waals surface area contributed by atoms with Gasteiger partial charge in [0.05, 0.1) is 10.3 Å². The monoisotopic (exact) mass is 419 g/mol. The van der Waals surface area contributed by atoms with Crippen LogP contribution in [0.25, 0.3) is 0 Å². The lowest BCUT2D eigenvalue weighted by Gasteiger charge is -2.25. The molecule has 150 valence electrons. The zero-order chi connectivity index (χ0) is 20.1. The summed E-state index contributed by atoms with van der Waals surface area (Å²) >= 11 is 1.30. The molecule has 0 radical (unpaired) electrons. The normalized spacial score (nSPS) is 16.5. The molecular formula is C20H25N3O3S2. The summed E-state index contributed by atoms with van der Waals surface area (Å²) in [7, 11) is -3.49. The number of pyridine rings is 1. The van der Waals surface area contributed by atoms with Crippen molar-refractivity contribution >= 4 is 33.4 Å². The highest BCUT2D eigenvalue weighted by atomic mass is 32.2. The minimum atomic E-state index is -3.49. The molecule has 3 rings (SSSR count). The van der Waals surface area contributed by atoms with E-state index in [1.165, 1.54) is 22.3 Å². The van der Waals surface area contributed by atoms with Crippen molar-refractivity contribution in [2.45, 2.75) is 48.3 Å². The fraction of sp³-hybridized carbons (Fsp3) is 0.400. The second-order valence-electron chi connectivity index (χ2n) is 6.92. The number of nitrogens with one attached hydrogen (secondary N) is 1. The molecule has 0 bridgehead atoms. The van der Waals surface area contributed by atoms with Crippen molar-refractivity contribution in [3.8, 4) is 0 Å². The highest BCUT2D eigenvalue weighted by Gasteiger charge is 2.26. The molecule has 1 amide bonds. The molecule has 1 aliphatic rings. The Balaban J connectivity index is 1.62. The summed E-state index contributed by atoms with van der Waals surface area (Å²) in [5.74, 6) is -0.123. The third kappa shape index (κ3) is 5.12. The maximum atomic E-state index is 12.7. The third-order valence-corrected chi connectivity index (χ3v) is 7.55. The standard InChI is InChI=1S/C20H25N3O3S2/c1-15-7-6-8-17(13-15)22-20(24)16(2)27-19-10-9-18(14-21-19)28(25,26)23-11-4-3-5-12-23/h6-10,13-14,16H,3-5,11-12H2,1-2H3,(H,22,24)/t16-/m1/s1. The number of amides is 1. The van der Waals surface area contributed by atoms with Crippen molar-refractivity contribution in [1.29, 1.82) is 0 Å². The van der Waals surface area contributed by atoms with E-state index in [9.17, 15) is 13.2 Å². The van der Waals surface area contributed by atoms with Crippen molar-refractivity contribution < 1.29 is 13.2 Å². The molecule has 0 unspecified atom stereocenters. The van der Waals surface area contributed by atoms with Crippen LogP contribution in [0.3, 0.4) is 0 Å². The summed E-state index contributed by atoms with van der Waals surface area (Å²) < 4.78 is 26.9. The second kappa shape index (κ2) is 9.07. The van der Waals surface area contributed by atoms with Gasteiger partial charge in [0, 0.05) is 25.0 Å². The van der Waals surface area contributed by atoms with E-state index < -0.39 is 10.0 Å². The smallest absolute Gasteiger partial charge is 0.244 e. The van der Waals surface area contributed by atoms with Crippen molar-refractivity contribution in [1.82, 2.24) is 9.29 Å². The number of thioether (sulfide) groups is 1. The zero-order valence-electron chi connectivity index (χ0n) is 16.1. The van der Waals surface area contributed by atoms with Crippen LogP contribution in [-0.2, 0) is 14.8 Å². The van der Waals surface area contributed by atoms with Crippen LogP contribution < -0.4 is 5.32 Å². The van der Waals surface area contributed by atoms with Gasteiger partial charge in [-0.25, -0.2) is 13.4 Å². The molecule has 2 heterocycles. The predicted molar refractivity (Wildman–Crippen MR) is 112 cm³/mol. The van der Waals surface area contributed by atoms with Gasteiger partial charge in [-0.05, 0) is 56.5 Å². The van der Waals surface area contributed by atoms with Crippen molar-refractivity contribution in [2.24, 2.45) is 0 Å². The first-order valence-electron chi connectivity index (χ1n) is 9.36. The maximum absolute atomic E-state index is 12.7. The molecule has 8 heteroatoms. The van der Waals surface area contributed by atoms with Gasteiger partial charge >= 0.3 is 0 Å². The van der Waals surface area contributed by atoms with Crippen LogP contribution >= 0.6 is 11.8 Å². The highest BCUT2D eigenvalue weighted by Crippen LogP contribution is 2.25. The van der Waals surface area contributed by atoms with Crippen LogP contribution in [0, 0.1) is 6.92 Å². The van der Waals surface area contributed by atoms with Gasteiger partial charge in [0.1, 0.15) is 4.90 Å². The van der Waals surface area contributed by atoms with E-state index in [1.807, 2.05) is 31.2 Å². The third-order valence-electron chi connectivity index (χ3n) is 4.61. The summed E-state index contributed by atoms with van der Waals surface area (Å²) in [4.78, 5) is 16.9. The van der Waals surface area contributed by atoms with Gasteiger partial charge in [-0.2, -0.15) is 4.31 Å². The van der Waals surface area contributed by atoms with Gasteiger partial charge in [0.15, 0.2) is 0 Å². The maximum Gasteiger partial charge on any atom is 0.244 e. The molecule has 6 nitrogen and oxygen atoms in total. The van der Waals surface area contributed by atoms with E-state index in [4.69, 9.17) is 0 Å². The average molecular weight is 420 g/mol. The molecule has 1 aromatic carbocycles. The Kier molecular flexibility index (Phi) is 6.74. The number of hydrogen-bond donors (Lipinski definition) is 1. The quantitative estimate of drug-likeness (QED) is 0.723. The number of sulfonamides is 1. The molecule has 1 fully saturated rings. The van der Waals surface area contributed by atoms with Crippen LogP contribution in [-0.4, -0.2) is 42.0 Å². The van der Waals surface area contributed by atoms with E-state index in [-0.39, 0.29) is 16.1 Å². The minimum Gasteiger partial charge on any atom is -0.325 e. The minimum absolute atomic E-state index is 0.123. The Labute approximate surface area is 170 Å². The van der Waals surface area contributed by atoms with Gasteiger partial charge < -0.3 is 5.32 Å². The SMILES string of the molecule is Cc1cccc(NC(=O)[C@@H](C)Sc2ccc(S(=O)(=O)N3CCCCC3)cn2)c1. The molecule has 0 saturated carbocycles. The molecule has 1 aromatic heterocycles. The van der Waals surface area contributed by atoms with Crippen LogP contribution in [0.4, 0.5) is 5.69 Å². The average Bonchev–Trinajstić information content (AvgIpc) is 2.69. The summed E-state index contributed by atoms with van der Waals surface area (Å²) in [5, 5.41) is 3.14. The van der Waals surface area contributed by atoms with E-state index in [1.54, 1.807) is 19.1 Å². The fourth-order valence-electron chi connectivity index (χ4n) is 3.04. The largest absolute Gasteiger partial charge is 0.325 e. The number of carbonyl (C=O) groups excluding carboxylic acids is 1. The molecule has 1 N–H and O–H groups in total. The molecule has 1 saturated heterocycles. The first kappa shape index (κ1) is 20.8. The number of piperidine rings is 1. The van der Waals surface area contributed by atoms with E-state index in [2.05, 4.69) is 10.3 Å². The predicted octanol–water partition coefficient (Wildman–Crippen LogP) is 3.68. The van der Waals surface area contributed by atoms with Gasteiger partial charge in [-0.1, -0.05) is 30.3 Å². The zero-order valence-corrected chi connectivity index (χ0v) is 17.7. The molecule has 1 aliphatic heterocycles. The molecule has 28 heavy (non-hydrogen) atoms. The van der Waals surface area contributed by atoms with Crippen molar-refractivity contribution in [2.75, 3.05) is 18.4 Å². The van der Waals surface area contributed by atoms with E-state index in [0.717, 1.165) is 30.5 Å². The number of benzene rings is 1. The van der Waals surface area contributed by atoms with Crippen LogP contribution in [0.2, 0.25) is 0 Å². The molecular weight excluding hydrogens is 394 g/mol. The number of anilines is 1. The Hall–Kier alpha value is -1.90. The van der Waals surface area contributed by atoms with Crippen molar-refractivity contribution in [3.05, 3.63) is 48.2 Å². The number of aryl methyl sites for hydroxylation is 1. The fourth-order valence-corrected chi connectivity index (χ4v) is 5.30. The highest BCUT2D eigenvalue weighted by molar-refractivity contribution is 8.00. The first-order valence-corrected chi connectivity index (χ1v) is 11.7. The van der Waals surface area contributed by atoms with Crippen LogP contribution in [0.5, 0.6) is 0 Å². The number of aromatic nitrogens is 1. The first-order chi connectivity index (χ1) is 13.4. The lowest BCUT2D eigenvalue weighted by Crippen LogP contribution is -2.35. The number of rotatable bonds is 6. The summed E-state index contributed by atoms with van der Waals surface area (Å²) in [5.41, 5.74) is 1.83.